The Morgan fingerprint density at radius 2 is 1.82 bits per heavy atom. The van der Waals surface area contributed by atoms with Gasteiger partial charge in [-0.25, -0.2) is 13.8 Å². The molecule has 1 fully saturated rings. The summed E-state index contributed by atoms with van der Waals surface area (Å²) in [6.07, 6.45) is 4.30. The van der Waals surface area contributed by atoms with Crippen LogP contribution in [0.2, 0.25) is 5.02 Å². The number of hydrogen-bond acceptors (Lipinski definition) is 7. The van der Waals surface area contributed by atoms with E-state index in [0.29, 0.717) is 29.5 Å². The highest BCUT2D eigenvalue weighted by molar-refractivity contribution is 7.99. The van der Waals surface area contributed by atoms with Crippen LogP contribution in [0.25, 0.3) is 0 Å². The molecule has 0 radical (unpaired) electrons. The maximum absolute atomic E-state index is 14.5. The molecule has 0 bridgehead atoms. The number of fused-ring (bicyclic) bond motifs is 1. The van der Waals surface area contributed by atoms with E-state index in [2.05, 4.69) is 15.2 Å². The standard InChI is InChI=1S/C28H30ClF2N5O2S/c29-26-21(22(30)8-9-23(26)31)18-36-11-2-1-3-24-27(36)34-25(17-33-24)39-20-6-4-19(5-7-20)28(37)32-10-12-35-13-15-38-16-14-35/h4-9,17H,1-3,10-16,18H2,(H,32,37). The lowest BCUT2D eigenvalue weighted by Gasteiger charge is -2.26. The van der Waals surface area contributed by atoms with Crippen molar-refractivity contribution in [2.24, 2.45) is 0 Å². The number of benzene rings is 2. The minimum Gasteiger partial charge on any atom is -0.379 e. The number of rotatable bonds is 8. The number of carbonyl (C=O) groups excluding carboxylic acids is 1. The summed E-state index contributed by atoms with van der Waals surface area (Å²) in [4.78, 5) is 27.2. The number of nitrogens with one attached hydrogen (secondary N) is 1. The zero-order valence-electron chi connectivity index (χ0n) is 21.5. The number of aryl methyl sites for hydroxylation is 1. The van der Waals surface area contributed by atoms with Gasteiger partial charge >= 0.3 is 0 Å². The van der Waals surface area contributed by atoms with Gasteiger partial charge in [0.2, 0.25) is 0 Å². The lowest BCUT2D eigenvalue weighted by molar-refractivity contribution is 0.0383. The van der Waals surface area contributed by atoms with Gasteiger partial charge in [0.1, 0.15) is 16.7 Å². The Labute approximate surface area is 235 Å². The maximum atomic E-state index is 14.5. The highest BCUT2D eigenvalue weighted by Crippen LogP contribution is 2.32. The van der Waals surface area contributed by atoms with Crippen molar-refractivity contribution < 1.29 is 18.3 Å². The van der Waals surface area contributed by atoms with Crippen molar-refractivity contribution in [2.75, 3.05) is 50.8 Å². The highest BCUT2D eigenvalue weighted by atomic mass is 35.5. The normalized spacial score (nSPS) is 16.0. The van der Waals surface area contributed by atoms with E-state index in [4.69, 9.17) is 21.3 Å². The van der Waals surface area contributed by atoms with Crippen LogP contribution in [0.15, 0.2) is 52.5 Å². The van der Waals surface area contributed by atoms with Gasteiger partial charge in [-0.15, -0.1) is 0 Å². The molecule has 2 aromatic carbocycles. The summed E-state index contributed by atoms with van der Waals surface area (Å²) in [6, 6.07) is 9.49. The summed E-state index contributed by atoms with van der Waals surface area (Å²) in [5.74, 6) is -0.638. The number of aromatic nitrogens is 2. The van der Waals surface area contributed by atoms with Crippen molar-refractivity contribution in [1.29, 1.82) is 0 Å². The van der Waals surface area contributed by atoms with Crippen molar-refractivity contribution in [3.63, 3.8) is 0 Å². The molecule has 5 rings (SSSR count). The Bertz CT molecular complexity index is 1310. The van der Waals surface area contributed by atoms with Crippen molar-refractivity contribution in [3.8, 4) is 0 Å². The smallest absolute Gasteiger partial charge is 0.251 e. The Kier molecular flexibility index (Phi) is 9.28. The van der Waals surface area contributed by atoms with Crippen LogP contribution >= 0.6 is 23.4 Å². The summed E-state index contributed by atoms with van der Waals surface area (Å²) in [6.45, 7) is 5.38. The zero-order valence-corrected chi connectivity index (χ0v) is 23.0. The second-order valence-corrected chi connectivity index (χ2v) is 11.0. The third-order valence-electron chi connectivity index (χ3n) is 6.84. The molecule has 1 aromatic heterocycles. The molecule has 0 spiro atoms. The minimum absolute atomic E-state index is 0.105. The molecule has 39 heavy (non-hydrogen) atoms. The van der Waals surface area contributed by atoms with E-state index in [1.165, 1.54) is 11.8 Å². The van der Waals surface area contributed by atoms with Gasteiger partial charge in [0.15, 0.2) is 5.82 Å². The fourth-order valence-electron chi connectivity index (χ4n) is 4.68. The Morgan fingerprint density at radius 1 is 1.05 bits per heavy atom. The fourth-order valence-corrected chi connectivity index (χ4v) is 5.64. The van der Waals surface area contributed by atoms with Gasteiger partial charge in [-0.1, -0.05) is 23.4 Å². The van der Waals surface area contributed by atoms with Crippen LogP contribution in [0.4, 0.5) is 14.6 Å². The molecule has 3 heterocycles. The molecule has 206 valence electrons. The fraction of sp³-hybridized carbons (Fsp3) is 0.393. The Balaban J connectivity index is 1.24. The molecule has 0 saturated carbocycles. The third-order valence-corrected chi connectivity index (χ3v) is 8.16. The number of morpholine rings is 1. The molecular formula is C28H30ClF2N5O2S. The first kappa shape index (κ1) is 27.8. The molecule has 1 saturated heterocycles. The van der Waals surface area contributed by atoms with E-state index in [-0.39, 0.29) is 23.0 Å². The number of amides is 1. The van der Waals surface area contributed by atoms with Gasteiger partial charge in [-0.05, 0) is 55.7 Å². The molecule has 2 aliphatic rings. The molecule has 11 heteroatoms. The predicted octanol–water partition coefficient (Wildman–Crippen LogP) is 4.96. The highest BCUT2D eigenvalue weighted by Gasteiger charge is 2.22. The summed E-state index contributed by atoms with van der Waals surface area (Å²) in [5.41, 5.74) is 1.53. The quantitative estimate of drug-likeness (QED) is 0.382. The average molecular weight is 574 g/mol. The Morgan fingerprint density at radius 3 is 2.62 bits per heavy atom. The van der Waals surface area contributed by atoms with Crippen LogP contribution in [0, 0.1) is 11.6 Å². The first-order valence-corrected chi connectivity index (χ1v) is 14.3. The number of nitrogens with zero attached hydrogens (tertiary/aromatic N) is 4. The van der Waals surface area contributed by atoms with Gasteiger partial charge in [0, 0.05) is 55.3 Å². The number of halogens is 3. The van der Waals surface area contributed by atoms with Gasteiger partial charge in [-0.2, -0.15) is 0 Å². The van der Waals surface area contributed by atoms with E-state index in [1.807, 2.05) is 17.0 Å². The third kappa shape index (κ3) is 7.05. The first-order valence-electron chi connectivity index (χ1n) is 13.1. The molecule has 7 nitrogen and oxygen atoms in total. The lowest BCUT2D eigenvalue weighted by atomic mass is 10.2. The molecule has 1 amide bonds. The van der Waals surface area contributed by atoms with E-state index in [1.54, 1.807) is 18.3 Å². The number of hydrogen-bond donors (Lipinski definition) is 1. The molecule has 0 unspecified atom stereocenters. The molecule has 1 N–H and O–H groups in total. The van der Waals surface area contributed by atoms with Crippen LogP contribution in [0.3, 0.4) is 0 Å². The largest absolute Gasteiger partial charge is 0.379 e. The molecule has 0 aliphatic carbocycles. The molecule has 0 atom stereocenters. The average Bonchev–Trinajstić information content (AvgIpc) is 3.16. The second kappa shape index (κ2) is 13.0. The maximum Gasteiger partial charge on any atom is 0.251 e. The van der Waals surface area contributed by atoms with Gasteiger partial charge in [0.05, 0.1) is 30.1 Å². The zero-order chi connectivity index (χ0) is 27.2. The first-order chi connectivity index (χ1) is 19.0. The SMILES string of the molecule is O=C(NCCN1CCOCC1)c1ccc(Sc2cnc3c(n2)N(Cc2c(F)ccc(F)c2Cl)CCCC3)cc1. The monoisotopic (exact) mass is 573 g/mol. The topological polar surface area (TPSA) is 70.6 Å². The molecule has 2 aliphatic heterocycles. The second-order valence-electron chi connectivity index (χ2n) is 9.52. The van der Waals surface area contributed by atoms with Crippen LogP contribution in [0.1, 0.15) is 34.5 Å². The van der Waals surface area contributed by atoms with E-state index in [0.717, 1.165) is 74.8 Å². The molecule has 3 aromatic rings. The van der Waals surface area contributed by atoms with Crippen LogP contribution in [-0.2, 0) is 17.7 Å². The molecular weight excluding hydrogens is 544 g/mol. The van der Waals surface area contributed by atoms with Crippen LogP contribution in [0.5, 0.6) is 0 Å². The van der Waals surface area contributed by atoms with Gasteiger partial charge < -0.3 is 15.0 Å². The van der Waals surface area contributed by atoms with Crippen LogP contribution in [-0.4, -0.2) is 66.7 Å². The lowest BCUT2D eigenvalue weighted by Crippen LogP contribution is -2.41. The number of ether oxygens (including phenoxy) is 1. The summed E-state index contributed by atoms with van der Waals surface area (Å²) >= 11 is 7.54. The Hall–Kier alpha value is -2.79. The number of carbonyl (C=O) groups is 1. The van der Waals surface area contributed by atoms with E-state index < -0.39 is 11.6 Å². The van der Waals surface area contributed by atoms with Crippen molar-refractivity contribution in [2.45, 2.75) is 35.7 Å². The summed E-state index contributed by atoms with van der Waals surface area (Å²) in [7, 11) is 0. The van der Waals surface area contributed by atoms with Gasteiger partial charge in [-0.3, -0.25) is 14.7 Å². The summed E-state index contributed by atoms with van der Waals surface area (Å²) in [5, 5.41) is 3.45. The van der Waals surface area contributed by atoms with Crippen molar-refractivity contribution in [3.05, 3.63) is 76.1 Å². The van der Waals surface area contributed by atoms with E-state index in [9.17, 15) is 13.6 Å². The van der Waals surface area contributed by atoms with Crippen LogP contribution < -0.4 is 10.2 Å². The predicted molar refractivity (Wildman–Crippen MR) is 148 cm³/mol. The van der Waals surface area contributed by atoms with E-state index >= 15 is 0 Å². The number of anilines is 1. The summed E-state index contributed by atoms with van der Waals surface area (Å²) < 4.78 is 33.9. The van der Waals surface area contributed by atoms with Gasteiger partial charge in [0.25, 0.3) is 5.91 Å². The van der Waals surface area contributed by atoms with Crippen molar-refractivity contribution >= 4 is 35.1 Å². The van der Waals surface area contributed by atoms with Crippen molar-refractivity contribution in [1.82, 2.24) is 20.2 Å². The minimum atomic E-state index is -0.646.